The molecule has 0 radical (unpaired) electrons. The fourth-order valence-electron chi connectivity index (χ4n) is 2.39. The number of benzene rings is 1. The number of halogens is 1. The van der Waals surface area contributed by atoms with E-state index in [1.807, 2.05) is 4.68 Å². The fourth-order valence-corrected chi connectivity index (χ4v) is 2.80. The second-order valence-electron chi connectivity index (χ2n) is 4.47. The van der Waals surface area contributed by atoms with Crippen LogP contribution in [-0.4, -0.2) is 20.3 Å². The Balaban J connectivity index is 1.69. The predicted octanol–water partition coefficient (Wildman–Crippen LogP) is 2.56. The molecule has 0 aliphatic heterocycles. The highest BCUT2D eigenvalue weighted by molar-refractivity contribution is 9.09. The van der Waals surface area contributed by atoms with Crippen LogP contribution in [0.2, 0.25) is 0 Å². The molecule has 0 spiro atoms. The molecule has 17 heavy (non-hydrogen) atoms. The van der Waals surface area contributed by atoms with E-state index < -0.39 is 0 Å². The summed E-state index contributed by atoms with van der Waals surface area (Å²) >= 11 is 3.42. The van der Waals surface area contributed by atoms with Gasteiger partial charge in [-0.3, -0.25) is 4.68 Å². The molecule has 0 saturated carbocycles. The highest BCUT2D eigenvalue weighted by Gasteiger charge is 2.25. The first-order chi connectivity index (χ1) is 8.36. The second-order valence-corrected chi connectivity index (χ2v) is 5.26. The zero-order valence-corrected chi connectivity index (χ0v) is 11.1. The van der Waals surface area contributed by atoms with E-state index in [2.05, 4.69) is 56.7 Å². The molecule has 3 nitrogen and oxygen atoms in total. The quantitative estimate of drug-likeness (QED) is 0.811. The Morgan fingerprint density at radius 2 is 2.24 bits per heavy atom. The molecule has 4 heteroatoms. The lowest BCUT2D eigenvalue weighted by atomic mass is 9.78. The van der Waals surface area contributed by atoms with Crippen LogP contribution in [0.4, 0.5) is 0 Å². The normalized spacial score (nSPS) is 17.6. The molecule has 0 saturated heterocycles. The molecule has 1 atom stereocenters. The number of hydrogen-bond acceptors (Lipinski definition) is 2. The monoisotopic (exact) mass is 291 g/mol. The highest BCUT2D eigenvalue weighted by Crippen LogP contribution is 2.35. The first-order valence-corrected chi connectivity index (χ1v) is 7.02. The Kier molecular flexibility index (Phi) is 2.97. The fraction of sp³-hybridized carbons (Fsp3) is 0.385. The summed E-state index contributed by atoms with van der Waals surface area (Å²) in [6, 6.07) is 8.66. The zero-order valence-electron chi connectivity index (χ0n) is 9.51. The Labute approximate surface area is 109 Å². The SMILES string of the molecule is BrCCc1cn(CC2Cc3ccccc32)nn1. The van der Waals surface area contributed by atoms with E-state index in [1.165, 1.54) is 17.5 Å². The van der Waals surface area contributed by atoms with Gasteiger partial charge in [0.25, 0.3) is 0 Å². The summed E-state index contributed by atoms with van der Waals surface area (Å²) in [6.45, 7) is 0.951. The van der Waals surface area contributed by atoms with Crippen molar-refractivity contribution in [2.45, 2.75) is 25.3 Å². The van der Waals surface area contributed by atoms with E-state index >= 15 is 0 Å². The summed E-state index contributed by atoms with van der Waals surface area (Å²) in [5.41, 5.74) is 4.03. The van der Waals surface area contributed by atoms with Crippen molar-refractivity contribution >= 4 is 15.9 Å². The highest BCUT2D eigenvalue weighted by atomic mass is 79.9. The van der Waals surface area contributed by atoms with E-state index in [-0.39, 0.29) is 0 Å². The van der Waals surface area contributed by atoms with Gasteiger partial charge in [-0.2, -0.15) is 0 Å². The van der Waals surface area contributed by atoms with Gasteiger partial charge in [0.1, 0.15) is 0 Å². The molecule has 0 N–H and O–H groups in total. The smallest absolute Gasteiger partial charge is 0.0835 e. The number of aromatic nitrogens is 3. The predicted molar refractivity (Wildman–Crippen MR) is 70.4 cm³/mol. The number of hydrogen-bond donors (Lipinski definition) is 0. The van der Waals surface area contributed by atoms with Gasteiger partial charge in [-0.1, -0.05) is 45.4 Å². The Hall–Kier alpha value is -1.16. The lowest BCUT2D eigenvalue weighted by Gasteiger charge is -2.29. The second kappa shape index (κ2) is 4.61. The summed E-state index contributed by atoms with van der Waals surface area (Å²) in [7, 11) is 0. The van der Waals surface area contributed by atoms with Crippen LogP contribution >= 0.6 is 15.9 Å². The van der Waals surface area contributed by atoms with Gasteiger partial charge in [-0.05, 0) is 17.5 Å². The Bertz CT molecular complexity index is 521. The summed E-state index contributed by atoms with van der Waals surface area (Å²) in [5, 5.41) is 9.27. The lowest BCUT2D eigenvalue weighted by Crippen LogP contribution is -2.22. The third-order valence-corrected chi connectivity index (χ3v) is 3.70. The van der Waals surface area contributed by atoms with Crippen molar-refractivity contribution in [2.75, 3.05) is 5.33 Å². The summed E-state index contributed by atoms with van der Waals surface area (Å²) in [5.74, 6) is 0.615. The maximum atomic E-state index is 4.18. The summed E-state index contributed by atoms with van der Waals surface area (Å²) < 4.78 is 1.97. The van der Waals surface area contributed by atoms with Crippen molar-refractivity contribution in [3.8, 4) is 0 Å². The number of nitrogens with zero attached hydrogens (tertiary/aromatic N) is 3. The number of rotatable bonds is 4. The molecule has 0 bridgehead atoms. The third kappa shape index (κ3) is 2.14. The van der Waals surface area contributed by atoms with Gasteiger partial charge in [0, 0.05) is 30.4 Å². The van der Waals surface area contributed by atoms with Crippen LogP contribution in [0.1, 0.15) is 22.7 Å². The molecule has 1 unspecified atom stereocenters. The van der Waals surface area contributed by atoms with Gasteiger partial charge in [0.2, 0.25) is 0 Å². The van der Waals surface area contributed by atoms with Crippen LogP contribution < -0.4 is 0 Å². The van der Waals surface area contributed by atoms with Crippen LogP contribution in [-0.2, 0) is 19.4 Å². The van der Waals surface area contributed by atoms with Crippen LogP contribution in [0, 0.1) is 0 Å². The molecule has 0 amide bonds. The zero-order chi connectivity index (χ0) is 11.7. The largest absolute Gasteiger partial charge is 0.252 e. The molecular weight excluding hydrogens is 278 g/mol. The van der Waals surface area contributed by atoms with E-state index in [0.29, 0.717) is 5.92 Å². The molecule has 88 valence electrons. The van der Waals surface area contributed by atoms with E-state index in [4.69, 9.17) is 0 Å². The average Bonchev–Trinajstić information content (AvgIpc) is 2.74. The van der Waals surface area contributed by atoms with Gasteiger partial charge in [-0.25, -0.2) is 0 Å². The topological polar surface area (TPSA) is 30.7 Å². The van der Waals surface area contributed by atoms with Crippen LogP contribution in [0.25, 0.3) is 0 Å². The van der Waals surface area contributed by atoms with Crippen LogP contribution in [0.5, 0.6) is 0 Å². The van der Waals surface area contributed by atoms with Gasteiger partial charge in [0.05, 0.1) is 5.69 Å². The number of fused-ring (bicyclic) bond motifs is 1. The van der Waals surface area contributed by atoms with E-state index in [1.54, 1.807) is 0 Å². The van der Waals surface area contributed by atoms with Gasteiger partial charge in [0.15, 0.2) is 0 Å². The maximum absolute atomic E-state index is 4.18. The van der Waals surface area contributed by atoms with Gasteiger partial charge >= 0.3 is 0 Å². The first kappa shape index (κ1) is 11.0. The molecule has 1 aromatic heterocycles. The maximum Gasteiger partial charge on any atom is 0.0835 e. The van der Waals surface area contributed by atoms with Gasteiger partial charge < -0.3 is 0 Å². The molecule has 1 aliphatic rings. The lowest BCUT2D eigenvalue weighted by molar-refractivity contribution is 0.465. The van der Waals surface area contributed by atoms with Crippen molar-refractivity contribution in [3.05, 3.63) is 47.3 Å². The minimum absolute atomic E-state index is 0.615. The molecule has 0 fully saturated rings. The molecular formula is C13H14BrN3. The van der Waals surface area contributed by atoms with Crippen molar-refractivity contribution in [1.29, 1.82) is 0 Å². The number of aryl methyl sites for hydroxylation is 1. The van der Waals surface area contributed by atoms with Crippen LogP contribution in [0.15, 0.2) is 30.5 Å². The minimum atomic E-state index is 0.615. The van der Waals surface area contributed by atoms with E-state index in [0.717, 1.165) is 24.0 Å². The Morgan fingerprint density at radius 3 is 3.06 bits per heavy atom. The molecule has 3 rings (SSSR count). The molecule has 2 aromatic rings. The third-order valence-electron chi connectivity index (χ3n) is 3.31. The van der Waals surface area contributed by atoms with Crippen molar-refractivity contribution in [3.63, 3.8) is 0 Å². The molecule has 1 heterocycles. The first-order valence-electron chi connectivity index (χ1n) is 5.89. The average molecular weight is 292 g/mol. The number of alkyl halides is 1. The Morgan fingerprint density at radius 1 is 1.35 bits per heavy atom. The molecule has 1 aromatic carbocycles. The van der Waals surface area contributed by atoms with Crippen molar-refractivity contribution < 1.29 is 0 Å². The van der Waals surface area contributed by atoms with E-state index in [9.17, 15) is 0 Å². The summed E-state index contributed by atoms with van der Waals surface area (Å²) in [4.78, 5) is 0. The van der Waals surface area contributed by atoms with Gasteiger partial charge in [-0.15, -0.1) is 5.10 Å². The standard InChI is InChI=1S/C13H14BrN3/c14-6-5-12-9-17(16-15-12)8-11-7-10-3-1-2-4-13(10)11/h1-4,9,11H,5-8H2. The minimum Gasteiger partial charge on any atom is -0.252 e. The molecule has 1 aliphatic carbocycles. The van der Waals surface area contributed by atoms with Crippen molar-refractivity contribution in [1.82, 2.24) is 15.0 Å². The van der Waals surface area contributed by atoms with Crippen molar-refractivity contribution in [2.24, 2.45) is 0 Å². The van der Waals surface area contributed by atoms with Crippen LogP contribution in [0.3, 0.4) is 0 Å². The summed E-state index contributed by atoms with van der Waals surface area (Å²) in [6.07, 6.45) is 4.17.